The summed E-state index contributed by atoms with van der Waals surface area (Å²) < 4.78 is 12.0. The number of carbonyl (C=O) groups is 4. The molecule has 0 spiro atoms. The number of carbonyl (C=O) groups excluding carboxylic acids is 4. The van der Waals surface area contributed by atoms with Crippen LogP contribution in [0.4, 0.5) is 0 Å². The van der Waals surface area contributed by atoms with Crippen molar-refractivity contribution in [2.75, 3.05) is 14.1 Å². The molecule has 0 saturated carbocycles. The number of thiophene rings is 2. The van der Waals surface area contributed by atoms with Crippen LogP contribution < -0.4 is 21.3 Å². The number of rotatable bonds is 19. The normalized spacial score (nSPS) is 14.8. The van der Waals surface area contributed by atoms with Crippen LogP contribution in [0.3, 0.4) is 0 Å². The fourth-order valence-corrected chi connectivity index (χ4v) is 7.01. The molecule has 0 fully saturated rings. The summed E-state index contributed by atoms with van der Waals surface area (Å²) in [6, 6.07) is 16.9. The van der Waals surface area contributed by atoms with Crippen LogP contribution in [0.2, 0.25) is 0 Å². The number of benzene rings is 2. The highest BCUT2D eigenvalue weighted by molar-refractivity contribution is 7.08. The zero-order valence-electron chi connectivity index (χ0n) is 31.3. The molecule has 0 aliphatic carbocycles. The standard InChI is InChI=1S/C40H50N4O8S2/c1-23(2)31(37(47)41-5)43-39(49)35(51-19-25-7-11-27(12-8-25)29-15-17-53-21-29)33(45)34(46)36(40(50)44-32(24(3)4)38(48)42-6)52-20-26-9-13-28(14-10-26)30-16-18-54-22-30/h7-18,21-24,31-36,45-46H,19-20H2,1-6H3,(H,41,47)(H,42,48)(H,43,49)(H,44,50)/t31-,32-,33-,34-,35-,36-/m1/s1. The van der Waals surface area contributed by atoms with Gasteiger partial charge in [0.2, 0.25) is 11.8 Å². The molecule has 2 heterocycles. The third-order valence-electron chi connectivity index (χ3n) is 8.95. The summed E-state index contributed by atoms with van der Waals surface area (Å²) in [6.45, 7) is 6.67. The van der Waals surface area contributed by atoms with Gasteiger partial charge in [-0.15, -0.1) is 0 Å². The molecule has 0 unspecified atom stereocenters. The molecule has 6 N–H and O–H groups in total. The highest BCUT2D eigenvalue weighted by atomic mass is 32.1. The molecule has 0 radical (unpaired) electrons. The Morgan fingerprint density at radius 1 is 0.556 bits per heavy atom. The molecule has 4 amide bonds. The fourth-order valence-electron chi connectivity index (χ4n) is 5.68. The molecule has 290 valence electrons. The molecule has 12 nitrogen and oxygen atoms in total. The highest BCUT2D eigenvalue weighted by Gasteiger charge is 2.42. The highest BCUT2D eigenvalue weighted by Crippen LogP contribution is 2.25. The van der Waals surface area contributed by atoms with E-state index in [2.05, 4.69) is 21.3 Å². The van der Waals surface area contributed by atoms with Gasteiger partial charge >= 0.3 is 0 Å². The van der Waals surface area contributed by atoms with Gasteiger partial charge in [-0.05, 0) is 78.9 Å². The smallest absolute Gasteiger partial charge is 0.252 e. The zero-order chi connectivity index (χ0) is 39.4. The lowest BCUT2D eigenvalue weighted by Gasteiger charge is -2.32. The Morgan fingerprint density at radius 3 is 1.19 bits per heavy atom. The maximum absolute atomic E-state index is 13.9. The summed E-state index contributed by atoms with van der Waals surface area (Å²) in [5.41, 5.74) is 5.41. The van der Waals surface area contributed by atoms with Gasteiger partial charge in [0.25, 0.3) is 11.8 Å². The zero-order valence-corrected chi connectivity index (χ0v) is 32.9. The Bertz CT molecular complexity index is 1650. The van der Waals surface area contributed by atoms with Crippen molar-refractivity contribution in [1.29, 1.82) is 0 Å². The Labute approximate surface area is 324 Å². The van der Waals surface area contributed by atoms with E-state index in [0.717, 1.165) is 22.3 Å². The van der Waals surface area contributed by atoms with Crippen molar-refractivity contribution >= 4 is 46.3 Å². The second-order valence-corrected chi connectivity index (χ2v) is 15.1. The first kappa shape index (κ1) is 42.3. The van der Waals surface area contributed by atoms with Gasteiger partial charge in [0.1, 0.15) is 24.3 Å². The third kappa shape index (κ3) is 11.3. The van der Waals surface area contributed by atoms with E-state index >= 15 is 0 Å². The average Bonchev–Trinajstić information content (AvgIpc) is 3.92. The van der Waals surface area contributed by atoms with Crippen LogP contribution in [-0.4, -0.2) is 84.4 Å². The van der Waals surface area contributed by atoms with Gasteiger partial charge in [0, 0.05) is 14.1 Å². The van der Waals surface area contributed by atoms with Crippen molar-refractivity contribution in [3.63, 3.8) is 0 Å². The van der Waals surface area contributed by atoms with Crippen LogP contribution in [0, 0.1) is 11.8 Å². The Balaban J connectivity index is 1.62. The topological polar surface area (TPSA) is 175 Å². The van der Waals surface area contributed by atoms with Gasteiger partial charge in [-0.1, -0.05) is 76.2 Å². The molecule has 54 heavy (non-hydrogen) atoms. The molecular formula is C40H50N4O8S2. The number of aliphatic hydroxyl groups excluding tert-OH is 2. The Morgan fingerprint density at radius 2 is 0.907 bits per heavy atom. The van der Waals surface area contributed by atoms with E-state index < -0.39 is 60.1 Å². The van der Waals surface area contributed by atoms with Crippen LogP contribution in [0.15, 0.2) is 82.2 Å². The minimum Gasteiger partial charge on any atom is -0.387 e. The number of aliphatic hydroxyl groups is 2. The second kappa shape index (κ2) is 20.3. The fraction of sp³-hybridized carbons (Fsp3) is 0.400. The lowest BCUT2D eigenvalue weighted by atomic mass is 9.98. The maximum Gasteiger partial charge on any atom is 0.252 e. The monoisotopic (exact) mass is 778 g/mol. The van der Waals surface area contributed by atoms with E-state index in [9.17, 15) is 29.4 Å². The molecule has 6 atom stereocenters. The van der Waals surface area contributed by atoms with Crippen molar-refractivity contribution in [1.82, 2.24) is 21.3 Å². The molecule has 0 aliphatic rings. The van der Waals surface area contributed by atoms with Crippen molar-refractivity contribution in [2.24, 2.45) is 11.8 Å². The summed E-state index contributed by atoms with van der Waals surface area (Å²) in [7, 11) is 2.88. The minimum absolute atomic E-state index is 0.154. The number of hydrogen-bond acceptors (Lipinski definition) is 10. The average molecular weight is 779 g/mol. The number of hydrogen-bond donors (Lipinski definition) is 6. The van der Waals surface area contributed by atoms with E-state index in [1.807, 2.05) is 82.2 Å². The molecule has 2 aromatic carbocycles. The molecule has 0 aliphatic heterocycles. The van der Waals surface area contributed by atoms with E-state index in [0.29, 0.717) is 11.1 Å². The molecule has 0 bridgehead atoms. The SMILES string of the molecule is CNC(=O)[C@H](NC(=O)[C@H](OCc1ccc(-c2ccsc2)cc1)[C@H](O)[C@@H](O)[C@@H](OCc1ccc(-c2ccsc2)cc1)C(=O)N[C@@H](C(=O)NC)C(C)C)C(C)C. The molecule has 14 heteroatoms. The lowest BCUT2D eigenvalue weighted by molar-refractivity contribution is -0.171. The van der Waals surface area contributed by atoms with E-state index in [-0.39, 0.29) is 25.0 Å². The van der Waals surface area contributed by atoms with Gasteiger partial charge in [0.15, 0.2) is 12.2 Å². The van der Waals surface area contributed by atoms with E-state index in [4.69, 9.17) is 9.47 Å². The first-order valence-corrected chi connectivity index (χ1v) is 19.6. The van der Waals surface area contributed by atoms with Gasteiger partial charge in [0.05, 0.1) is 13.2 Å². The third-order valence-corrected chi connectivity index (χ3v) is 10.3. The van der Waals surface area contributed by atoms with Gasteiger partial charge in [-0.2, -0.15) is 22.7 Å². The first-order valence-electron chi connectivity index (χ1n) is 17.7. The van der Waals surface area contributed by atoms with E-state index in [1.54, 1.807) is 50.4 Å². The van der Waals surface area contributed by atoms with Crippen LogP contribution >= 0.6 is 22.7 Å². The Hall–Kier alpha value is -4.44. The molecule has 2 aromatic heterocycles. The number of nitrogens with one attached hydrogen (secondary N) is 4. The predicted octanol–water partition coefficient (Wildman–Crippen LogP) is 4.11. The summed E-state index contributed by atoms with van der Waals surface area (Å²) >= 11 is 3.16. The summed E-state index contributed by atoms with van der Waals surface area (Å²) in [5, 5.41) is 41.8. The second-order valence-electron chi connectivity index (χ2n) is 13.6. The number of amides is 4. The number of ether oxygens (including phenoxy) is 2. The van der Waals surface area contributed by atoms with Crippen molar-refractivity contribution in [3.05, 3.63) is 93.3 Å². The largest absolute Gasteiger partial charge is 0.387 e. The summed E-state index contributed by atoms with van der Waals surface area (Å²) in [4.78, 5) is 53.1. The van der Waals surface area contributed by atoms with Gasteiger partial charge in [-0.25, -0.2) is 0 Å². The minimum atomic E-state index is -2.03. The first-order chi connectivity index (χ1) is 25.8. The van der Waals surface area contributed by atoms with Crippen LogP contribution in [-0.2, 0) is 41.9 Å². The van der Waals surface area contributed by atoms with Crippen molar-refractivity contribution in [3.8, 4) is 22.3 Å². The van der Waals surface area contributed by atoms with Crippen molar-refractivity contribution in [2.45, 2.75) is 77.4 Å². The van der Waals surface area contributed by atoms with Crippen molar-refractivity contribution < 1.29 is 38.9 Å². The predicted molar refractivity (Wildman–Crippen MR) is 210 cm³/mol. The summed E-state index contributed by atoms with van der Waals surface area (Å²) in [6.07, 6.45) is -7.57. The molecule has 0 saturated heterocycles. The molecule has 4 rings (SSSR count). The summed E-state index contributed by atoms with van der Waals surface area (Å²) in [5.74, 6) is -3.37. The van der Waals surface area contributed by atoms with E-state index in [1.165, 1.54) is 14.1 Å². The molecular weight excluding hydrogens is 729 g/mol. The van der Waals surface area contributed by atoms with Gasteiger partial charge < -0.3 is 41.0 Å². The van der Waals surface area contributed by atoms with Crippen LogP contribution in [0.5, 0.6) is 0 Å². The quantitative estimate of drug-likeness (QED) is 0.0825. The van der Waals surface area contributed by atoms with Crippen LogP contribution in [0.25, 0.3) is 22.3 Å². The van der Waals surface area contributed by atoms with Crippen LogP contribution in [0.1, 0.15) is 38.8 Å². The Kier molecular flexibility index (Phi) is 15.9. The van der Waals surface area contributed by atoms with Gasteiger partial charge in [-0.3, -0.25) is 19.2 Å². The maximum atomic E-state index is 13.9. The molecule has 4 aromatic rings. The lowest BCUT2D eigenvalue weighted by Crippen LogP contribution is -2.60. The number of likely N-dealkylation sites (N-methyl/N-ethyl adjacent to an activating group) is 2.